The Morgan fingerprint density at radius 2 is 2.35 bits per heavy atom. The van der Waals surface area contributed by atoms with Crippen molar-refractivity contribution in [2.45, 2.75) is 32.1 Å². The van der Waals surface area contributed by atoms with Gasteiger partial charge < -0.3 is 14.8 Å². The second-order valence-electron chi connectivity index (χ2n) is 4.02. The topological polar surface area (TPSA) is 112 Å². The van der Waals surface area contributed by atoms with Crippen molar-refractivity contribution < 1.29 is 9.32 Å². The van der Waals surface area contributed by atoms with E-state index in [0.717, 1.165) is 0 Å². The molecule has 0 saturated heterocycles. The van der Waals surface area contributed by atoms with Gasteiger partial charge in [0, 0.05) is 12.6 Å². The van der Waals surface area contributed by atoms with Gasteiger partial charge in [0.2, 0.25) is 11.8 Å². The Balaban J connectivity index is 1.91. The second-order valence-corrected chi connectivity index (χ2v) is 4.96. The van der Waals surface area contributed by atoms with Crippen molar-refractivity contribution in [1.82, 2.24) is 19.9 Å². The van der Waals surface area contributed by atoms with E-state index in [0.29, 0.717) is 35.6 Å². The summed E-state index contributed by atoms with van der Waals surface area (Å²) in [5.41, 5.74) is 6.28. The van der Waals surface area contributed by atoms with Crippen LogP contribution in [0.5, 0.6) is 0 Å². The molecule has 0 fully saturated rings. The summed E-state index contributed by atoms with van der Waals surface area (Å²) in [7, 11) is 0. The molecule has 0 aliphatic heterocycles. The van der Waals surface area contributed by atoms with Gasteiger partial charge in [-0.05, 0) is 13.8 Å². The van der Waals surface area contributed by atoms with E-state index in [2.05, 4.69) is 20.7 Å². The fraction of sp³-hybridized carbons (Fsp3) is 0.455. The van der Waals surface area contributed by atoms with Crippen LogP contribution in [0.15, 0.2) is 15.7 Å². The van der Waals surface area contributed by atoms with Gasteiger partial charge in [0.25, 0.3) is 0 Å². The van der Waals surface area contributed by atoms with E-state index in [1.54, 1.807) is 13.0 Å². The molecule has 0 aromatic carbocycles. The summed E-state index contributed by atoms with van der Waals surface area (Å²) in [4.78, 5) is 11.8. The van der Waals surface area contributed by atoms with Gasteiger partial charge in [-0.25, -0.2) is 0 Å². The third-order valence-corrected chi connectivity index (χ3v) is 3.48. The number of nitrogens with two attached hydrogens (primary N) is 1. The number of thioether (sulfide) groups is 1. The lowest BCUT2D eigenvalue weighted by Crippen LogP contribution is -2.14. The van der Waals surface area contributed by atoms with Crippen LogP contribution in [-0.4, -0.2) is 31.6 Å². The minimum absolute atomic E-state index is 0.189. The molecule has 0 unspecified atom stereocenters. The fourth-order valence-corrected chi connectivity index (χ4v) is 2.44. The summed E-state index contributed by atoms with van der Waals surface area (Å²) in [6, 6.07) is 1.66. The minimum atomic E-state index is -0.189. The molecule has 0 bridgehead atoms. The molecule has 1 amide bonds. The molecule has 108 valence electrons. The molecule has 2 rings (SSSR count). The number of hydrogen-bond donors (Lipinski definition) is 2. The van der Waals surface area contributed by atoms with Crippen LogP contribution in [0.4, 0.5) is 5.88 Å². The lowest BCUT2D eigenvalue weighted by molar-refractivity contribution is -0.113. The van der Waals surface area contributed by atoms with Gasteiger partial charge in [-0.2, -0.15) is 0 Å². The van der Waals surface area contributed by atoms with Gasteiger partial charge in [-0.3, -0.25) is 10.1 Å². The standard InChI is InChI=1S/C11H16N6O2S/c1-3-17-8(5-12)14-15-11(17)20-6-9(18)13-10-4-7(2)16-19-10/h4H,3,5-6,12H2,1-2H3,(H,13,18). The van der Waals surface area contributed by atoms with Crippen LogP contribution < -0.4 is 11.1 Å². The minimum Gasteiger partial charge on any atom is -0.338 e. The Hall–Kier alpha value is -1.87. The maximum absolute atomic E-state index is 11.8. The van der Waals surface area contributed by atoms with Gasteiger partial charge in [0.05, 0.1) is 18.0 Å². The zero-order valence-electron chi connectivity index (χ0n) is 11.3. The number of nitrogens with one attached hydrogen (secondary N) is 1. The molecule has 0 atom stereocenters. The number of hydrogen-bond acceptors (Lipinski definition) is 7. The van der Waals surface area contributed by atoms with Crippen molar-refractivity contribution in [3.05, 3.63) is 17.6 Å². The Kier molecular flexibility index (Phi) is 4.74. The summed E-state index contributed by atoms with van der Waals surface area (Å²) in [6.07, 6.45) is 0. The first-order valence-corrected chi connectivity index (χ1v) is 7.10. The van der Waals surface area contributed by atoms with Crippen molar-refractivity contribution in [3.63, 3.8) is 0 Å². The maximum Gasteiger partial charge on any atom is 0.237 e. The molecule has 20 heavy (non-hydrogen) atoms. The number of rotatable bonds is 6. The van der Waals surface area contributed by atoms with E-state index in [4.69, 9.17) is 10.3 Å². The number of carbonyl (C=O) groups excluding carboxylic acids is 1. The van der Waals surface area contributed by atoms with Crippen LogP contribution in [0.1, 0.15) is 18.4 Å². The fourth-order valence-electron chi connectivity index (χ4n) is 1.62. The van der Waals surface area contributed by atoms with Crippen LogP contribution >= 0.6 is 11.8 Å². The first-order valence-electron chi connectivity index (χ1n) is 6.12. The molecule has 0 aliphatic carbocycles. The second kappa shape index (κ2) is 6.53. The van der Waals surface area contributed by atoms with Gasteiger partial charge in [0.15, 0.2) is 5.16 Å². The van der Waals surface area contributed by atoms with Gasteiger partial charge in [-0.1, -0.05) is 16.9 Å². The van der Waals surface area contributed by atoms with Gasteiger partial charge in [0.1, 0.15) is 5.82 Å². The van der Waals surface area contributed by atoms with Crippen molar-refractivity contribution in [2.24, 2.45) is 5.73 Å². The first kappa shape index (κ1) is 14.5. The van der Waals surface area contributed by atoms with Crippen LogP contribution in [-0.2, 0) is 17.9 Å². The SMILES string of the molecule is CCn1c(CN)nnc1SCC(=O)Nc1cc(C)no1. The number of carbonyl (C=O) groups is 1. The van der Waals surface area contributed by atoms with Crippen LogP contribution in [0, 0.1) is 6.92 Å². The predicted molar refractivity (Wildman–Crippen MR) is 74.2 cm³/mol. The molecular formula is C11H16N6O2S. The molecule has 9 heteroatoms. The van der Waals surface area contributed by atoms with E-state index in [1.807, 2.05) is 11.5 Å². The number of aromatic nitrogens is 4. The van der Waals surface area contributed by atoms with Gasteiger partial charge in [-0.15, -0.1) is 10.2 Å². The largest absolute Gasteiger partial charge is 0.338 e. The summed E-state index contributed by atoms with van der Waals surface area (Å²) >= 11 is 1.30. The maximum atomic E-state index is 11.8. The number of aryl methyl sites for hydroxylation is 1. The first-order chi connectivity index (χ1) is 9.63. The summed E-state index contributed by atoms with van der Waals surface area (Å²) in [6.45, 7) is 4.80. The lowest BCUT2D eigenvalue weighted by atomic mass is 10.5. The monoisotopic (exact) mass is 296 g/mol. The number of anilines is 1. The van der Waals surface area contributed by atoms with Crippen LogP contribution in [0.3, 0.4) is 0 Å². The molecule has 2 aromatic rings. The Morgan fingerprint density at radius 1 is 1.55 bits per heavy atom. The summed E-state index contributed by atoms with van der Waals surface area (Å²) in [5.74, 6) is 1.07. The van der Waals surface area contributed by atoms with Crippen molar-refractivity contribution in [1.29, 1.82) is 0 Å². The molecule has 0 radical (unpaired) electrons. The summed E-state index contributed by atoms with van der Waals surface area (Å²) < 4.78 is 6.80. The van der Waals surface area contributed by atoms with Crippen LogP contribution in [0.2, 0.25) is 0 Å². The highest BCUT2D eigenvalue weighted by Crippen LogP contribution is 2.17. The normalized spacial score (nSPS) is 10.8. The van der Waals surface area contributed by atoms with Gasteiger partial charge >= 0.3 is 0 Å². The Bertz CT molecular complexity index is 594. The number of amides is 1. The Labute approximate surface area is 120 Å². The average molecular weight is 296 g/mol. The third-order valence-electron chi connectivity index (χ3n) is 2.52. The van der Waals surface area contributed by atoms with Crippen molar-refractivity contribution >= 4 is 23.6 Å². The quantitative estimate of drug-likeness (QED) is 0.757. The molecule has 0 saturated carbocycles. The molecule has 2 aromatic heterocycles. The van der Waals surface area contributed by atoms with E-state index in [1.165, 1.54) is 11.8 Å². The lowest BCUT2D eigenvalue weighted by Gasteiger charge is -2.05. The highest BCUT2D eigenvalue weighted by atomic mass is 32.2. The van der Waals surface area contributed by atoms with Crippen molar-refractivity contribution in [3.8, 4) is 0 Å². The van der Waals surface area contributed by atoms with E-state index in [9.17, 15) is 4.79 Å². The van der Waals surface area contributed by atoms with Crippen LogP contribution in [0.25, 0.3) is 0 Å². The molecule has 2 heterocycles. The molecule has 0 aliphatic rings. The molecular weight excluding hydrogens is 280 g/mol. The molecule has 3 N–H and O–H groups in total. The average Bonchev–Trinajstić information content (AvgIpc) is 3.01. The summed E-state index contributed by atoms with van der Waals surface area (Å²) in [5, 5.41) is 15.0. The predicted octanol–water partition coefficient (Wildman–Crippen LogP) is 0.784. The zero-order chi connectivity index (χ0) is 14.5. The highest BCUT2D eigenvalue weighted by Gasteiger charge is 2.13. The number of nitrogens with zero attached hydrogens (tertiary/aromatic N) is 4. The zero-order valence-corrected chi connectivity index (χ0v) is 12.1. The van der Waals surface area contributed by atoms with E-state index < -0.39 is 0 Å². The van der Waals surface area contributed by atoms with E-state index >= 15 is 0 Å². The highest BCUT2D eigenvalue weighted by molar-refractivity contribution is 7.99. The Morgan fingerprint density at radius 3 is 2.95 bits per heavy atom. The van der Waals surface area contributed by atoms with E-state index in [-0.39, 0.29) is 11.7 Å². The van der Waals surface area contributed by atoms with Crippen molar-refractivity contribution in [2.75, 3.05) is 11.1 Å². The molecule has 0 spiro atoms. The third kappa shape index (κ3) is 3.36. The molecule has 8 nitrogen and oxygen atoms in total. The smallest absolute Gasteiger partial charge is 0.237 e.